The third kappa shape index (κ3) is 2.38. The maximum absolute atomic E-state index is 10.7. The first-order chi connectivity index (χ1) is 6.07. The molecule has 1 aromatic carbocycles. The van der Waals surface area contributed by atoms with Crippen molar-refractivity contribution >= 4 is 10.1 Å². The summed E-state index contributed by atoms with van der Waals surface area (Å²) in [5, 5.41) is -0.745. The fraction of sp³-hybridized carbons (Fsp3) is 0.333. The van der Waals surface area contributed by atoms with E-state index in [0.29, 0.717) is 12.8 Å². The summed E-state index contributed by atoms with van der Waals surface area (Å²) in [5.41, 5.74) is 1.99. The van der Waals surface area contributed by atoms with E-state index in [1.54, 1.807) is 0 Å². The maximum atomic E-state index is 10.7. The van der Waals surface area contributed by atoms with E-state index in [1.165, 1.54) is 0 Å². The van der Waals surface area contributed by atoms with Crippen molar-refractivity contribution in [3.63, 3.8) is 0 Å². The van der Waals surface area contributed by atoms with Crippen LogP contribution >= 0.6 is 0 Å². The van der Waals surface area contributed by atoms with Crippen LogP contribution in [0.2, 0.25) is 0 Å². The van der Waals surface area contributed by atoms with Gasteiger partial charge in [0.2, 0.25) is 0 Å². The SMILES string of the molecule is O=S(=O)([O-])C1Cc2ccccc2C1.[Na+]. The quantitative estimate of drug-likeness (QED) is 0.395. The first-order valence-electron chi connectivity index (χ1n) is 4.09. The molecular formula is C9H9NaO3S. The summed E-state index contributed by atoms with van der Waals surface area (Å²) in [7, 11) is -4.12. The molecule has 0 spiro atoms. The van der Waals surface area contributed by atoms with Crippen LogP contribution in [-0.4, -0.2) is 18.2 Å². The minimum absolute atomic E-state index is 0. The first kappa shape index (κ1) is 12.2. The minimum Gasteiger partial charge on any atom is -0.748 e. The molecule has 0 saturated carbocycles. The Kier molecular flexibility index (Phi) is 3.77. The molecule has 0 heterocycles. The Morgan fingerprint density at radius 1 is 1.14 bits per heavy atom. The van der Waals surface area contributed by atoms with Crippen LogP contribution in [0.4, 0.5) is 0 Å². The van der Waals surface area contributed by atoms with Crippen molar-refractivity contribution in [2.24, 2.45) is 0 Å². The molecule has 0 saturated heterocycles. The summed E-state index contributed by atoms with van der Waals surface area (Å²) in [6.45, 7) is 0. The number of fused-ring (bicyclic) bond motifs is 1. The molecule has 2 rings (SSSR count). The van der Waals surface area contributed by atoms with Gasteiger partial charge in [0.1, 0.15) is 0 Å². The van der Waals surface area contributed by atoms with E-state index in [1.807, 2.05) is 24.3 Å². The van der Waals surface area contributed by atoms with E-state index in [-0.39, 0.29) is 29.6 Å². The van der Waals surface area contributed by atoms with Gasteiger partial charge in [0, 0.05) is 0 Å². The van der Waals surface area contributed by atoms with E-state index < -0.39 is 15.4 Å². The minimum atomic E-state index is -4.12. The largest absolute Gasteiger partial charge is 1.00 e. The van der Waals surface area contributed by atoms with E-state index in [0.717, 1.165) is 11.1 Å². The Morgan fingerprint density at radius 2 is 1.57 bits per heavy atom. The first-order valence-corrected chi connectivity index (χ1v) is 5.56. The summed E-state index contributed by atoms with van der Waals surface area (Å²) in [4.78, 5) is 0. The summed E-state index contributed by atoms with van der Waals surface area (Å²) >= 11 is 0. The van der Waals surface area contributed by atoms with Gasteiger partial charge in [0.25, 0.3) is 0 Å². The molecule has 1 aliphatic carbocycles. The molecule has 0 aliphatic heterocycles. The van der Waals surface area contributed by atoms with Gasteiger partial charge >= 0.3 is 29.6 Å². The van der Waals surface area contributed by atoms with E-state index in [9.17, 15) is 13.0 Å². The maximum Gasteiger partial charge on any atom is 1.00 e. The van der Waals surface area contributed by atoms with Crippen molar-refractivity contribution < 1.29 is 42.5 Å². The molecule has 0 amide bonds. The summed E-state index contributed by atoms with van der Waals surface area (Å²) in [6.07, 6.45) is 0.754. The molecule has 1 aromatic rings. The Bertz CT molecular complexity index is 402. The molecule has 0 bridgehead atoms. The van der Waals surface area contributed by atoms with Gasteiger partial charge in [0.15, 0.2) is 0 Å². The smallest absolute Gasteiger partial charge is 0.748 e. The average Bonchev–Trinajstić information content (AvgIpc) is 2.45. The van der Waals surface area contributed by atoms with Crippen LogP contribution in [0.5, 0.6) is 0 Å². The van der Waals surface area contributed by atoms with Gasteiger partial charge in [-0.05, 0) is 24.0 Å². The molecule has 0 fully saturated rings. The number of benzene rings is 1. The van der Waals surface area contributed by atoms with E-state index >= 15 is 0 Å². The average molecular weight is 220 g/mol. The standard InChI is InChI=1S/C9H10O3S.Na/c10-13(11,12)9-5-7-3-1-2-4-8(7)6-9;/h1-4,9H,5-6H2,(H,10,11,12);/q;+1/p-1. The monoisotopic (exact) mass is 220 g/mol. The summed E-state index contributed by atoms with van der Waals surface area (Å²) < 4.78 is 32.2. The fourth-order valence-corrected chi connectivity index (χ4v) is 2.49. The molecule has 0 N–H and O–H groups in total. The molecule has 0 unspecified atom stereocenters. The van der Waals surface area contributed by atoms with Crippen molar-refractivity contribution in [3.05, 3.63) is 35.4 Å². The zero-order valence-electron chi connectivity index (χ0n) is 7.93. The number of hydrogen-bond donors (Lipinski definition) is 0. The van der Waals surface area contributed by atoms with Crippen molar-refractivity contribution in [2.75, 3.05) is 0 Å². The molecule has 70 valence electrons. The van der Waals surface area contributed by atoms with Crippen LogP contribution in [0.15, 0.2) is 24.3 Å². The van der Waals surface area contributed by atoms with Crippen LogP contribution in [0.25, 0.3) is 0 Å². The fourth-order valence-electron chi connectivity index (χ4n) is 1.72. The molecule has 0 aromatic heterocycles. The third-order valence-electron chi connectivity index (χ3n) is 2.42. The van der Waals surface area contributed by atoms with Gasteiger partial charge in [0.05, 0.1) is 15.4 Å². The predicted octanol–water partition coefficient (Wildman–Crippen LogP) is -2.30. The Hall–Kier alpha value is 0.130. The second kappa shape index (κ2) is 4.33. The molecule has 0 atom stereocenters. The normalized spacial score (nSPS) is 16.1. The predicted molar refractivity (Wildman–Crippen MR) is 47.3 cm³/mol. The summed E-state index contributed by atoms with van der Waals surface area (Å²) in [5.74, 6) is 0. The zero-order chi connectivity index (χ0) is 9.47. The Morgan fingerprint density at radius 3 is 1.93 bits per heavy atom. The second-order valence-electron chi connectivity index (χ2n) is 3.29. The molecule has 3 nitrogen and oxygen atoms in total. The van der Waals surface area contributed by atoms with Crippen molar-refractivity contribution in [1.29, 1.82) is 0 Å². The van der Waals surface area contributed by atoms with Crippen LogP contribution in [0, 0.1) is 0 Å². The molecule has 5 heteroatoms. The van der Waals surface area contributed by atoms with Gasteiger partial charge in [-0.25, -0.2) is 8.42 Å². The zero-order valence-corrected chi connectivity index (χ0v) is 10.8. The number of hydrogen-bond acceptors (Lipinski definition) is 3. The van der Waals surface area contributed by atoms with Gasteiger partial charge < -0.3 is 4.55 Å². The van der Waals surface area contributed by atoms with Crippen LogP contribution in [0.3, 0.4) is 0 Å². The van der Waals surface area contributed by atoms with Crippen molar-refractivity contribution in [1.82, 2.24) is 0 Å². The molecule has 0 radical (unpaired) electrons. The van der Waals surface area contributed by atoms with Crippen LogP contribution < -0.4 is 29.6 Å². The second-order valence-corrected chi connectivity index (χ2v) is 4.94. The Balaban J connectivity index is 0.000000980. The van der Waals surface area contributed by atoms with Gasteiger partial charge in [-0.1, -0.05) is 24.3 Å². The molecular weight excluding hydrogens is 211 g/mol. The van der Waals surface area contributed by atoms with Crippen LogP contribution in [-0.2, 0) is 23.0 Å². The summed E-state index contributed by atoms with van der Waals surface area (Å²) in [6, 6.07) is 7.47. The number of rotatable bonds is 1. The van der Waals surface area contributed by atoms with Gasteiger partial charge in [-0.3, -0.25) is 0 Å². The van der Waals surface area contributed by atoms with E-state index in [4.69, 9.17) is 0 Å². The Labute approximate surface area is 106 Å². The van der Waals surface area contributed by atoms with Crippen LogP contribution in [0.1, 0.15) is 11.1 Å². The molecule has 14 heavy (non-hydrogen) atoms. The molecule has 1 aliphatic rings. The van der Waals surface area contributed by atoms with Crippen molar-refractivity contribution in [3.8, 4) is 0 Å². The topological polar surface area (TPSA) is 57.2 Å². The van der Waals surface area contributed by atoms with Crippen molar-refractivity contribution in [2.45, 2.75) is 18.1 Å². The van der Waals surface area contributed by atoms with Gasteiger partial charge in [-0.15, -0.1) is 0 Å². The third-order valence-corrected chi connectivity index (χ3v) is 3.57. The van der Waals surface area contributed by atoms with E-state index in [2.05, 4.69) is 0 Å². The van der Waals surface area contributed by atoms with Gasteiger partial charge in [-0.2, -0.15) is 0 Å².